The molecule has 10 heteroatoms. The van der Waals surface area contributed by atoms with E-state index in [-0.39, 0.29) is 47.5 Å². The van der Waals surface area contributed by atoms with Gasteiger partial charge in [-0.05, 0) is 65.3 Å². The zero-order valence-electron chi connectivity index (χ0n) is 24.0. The Balaban J connectivity index is 1.74. The summed E-state index contributed by atoms with van der Waals surface area (Å²) in [6, 6.07) is 0.653. The topological polar surface area (TPSA) is 141 Å². The Hall–Kier alpha value is -3.63. The first-order chi connectivity index (χ1) is 19.0. The van der Waals surface area contributed by atoms with Crippen LogP contribution < -0.4 is 20.5 Å². The van der Waals surface area contributed by atoms with Crippen molar-refractivity contribution in [2.45, 2.75) is 65.2 Å². The Labute approximate surface area is 235 Å². The molecule has 1 amide bonds. The van der Waals surface area contributed by atoms with Crippen molar-refractivity contribution in [2.24, 2.45) is 5.73 Å². The molecular weight excluding hydrogens is 512 g/mol. The predicted molar refractivity (Wildman–Crippen MR) is 152 cm³/mol. The van der Waals surface area contributed by atoms with Gasteiger partial charge in [-0.2, -0.15) is 0 Å². The van der Waals surface area contributed by atoms with Gasteiger partial charge in [-0.1, -0.05) is 6.07 Å². The number of likely N-dealkylation sites (N-methyl/N-ethyl adjacent to an activating group) is 1. The maximum atomic E-state index is 12.6. The molecule has 40 heavy (non-hydrogen) atoms. The molecule has 2 aromatic carbocycles. The number of ether oxygens (including phenoxy) is 2. The summed E-state index contributed by atoms with van der Waals surface area (Å²) in [7, 11) is 2.04. The average molecular weight is 553 g/mol. The largest absolute Gasteiger partial charge is 0.507 e. The van der Waals surface area contributed by atoms with Crippen molar-refractivity contribution in [2.75, 3.05) is 33.4 Å². The van der Waals surface area contributed by atoms with Crippen LogP contribution in [0, 0.1) is 13.8 Å². The SMILES string of the molecule is CCOc1c(C)cc2c(c1O)C1C3=Cc4c(O)c(C)c(OCC)c(O)c4C(CNC(=O)C(C)N)N3CC(C2)N1C. The lowest BCUT2D eigenvalue weighted by Crippen LogP contribution is -2.57. The van der Waals surface area contributed by atoms with Crippen LogP contribution in [0.4, 0.5) is 0 Å². The molecule has 0 aromatic heterocycles. The summed E-state index contributed by atoms with van der Waals surface area (Å²) in [4.78, 5) is 17.0. The molecule has 0 saturated carbocycles. The van der Waals surface area contributed by atoms with E-state index in [1.165, 1.54) is 0 Å². The van der Waals surface area contributed by atoms with Crippen LogP contribution in [-0.2, 0) is 11.2 Å². The predicted octanol–water partition coefficient (Wildman–Crippen LogP) is 2.99. The van der Waals surface area contributed by atoms with Gasteiger partial charge in [-0.15, -0.1) is 0 Å². The Bertz CT molecular complexity index is 1390. The molecule has 1 fully saturated rings. The van der Waals surface area contributed by atoms with Crippen molar-refractivity contribution >= 4 is 12.0 Å². The van der Waals surface area contributed by atoms with Crippen LogP contribution in [0.2, 0.25) is 0 Å². The second-order valence-electron chi connectivity index (χ2n) is 11.0. The number of hydrogen-bond acceptors (Lipinski definition) is 9. The van der Waals surface area contributed by atoms with Gasteiger partial charge < -0.3 is 40.7 Å². The third-order valence-electron chi connectivity index (χ3n) is 8.47. The molecule has 2 bridgehead atoms. The number of carbonyl (C=O) groups excluding carboxylic acids is 1. The van der Waals surface area contributed by atoms with E-state index in [1.807, 2.05) is 33.9 Å². The van der Waals surface area contributed by atoms with E-state index < -0.39 is 12.1 Å². The first-order valence-electron chi connectivity index (χ1n) is 13.9. The summed E-state index contributed by atoms with van der Waals surface area (Å²) in [6.07, 6.45) is 2.61. The number of benzene rings is 2. The molecule has 3 aliphatic rings. The van der Waals surface area contributed by atoms with Crippen molar-refractivity contribution in [3.63, 3.8) is 0 Å². The molecule has 4 unspecified atom stereocenters. The fourth-order valence-corrected chi connectivity index (χ4v) is 6.53. The number of nitrogens with zero attached hydrogens (tertiary/aromatic N) is 2. The Morgan fingerprint density at radius 1 is 1.10 bits per heavy atom. The number of rotatable bonds is 7. The van der Waals surface area contributed by atoms with Crippen LogP contribution in [0.3, 0.4) is 0 Å². The van der Waals surface area contributed by atoms with Crippen molar-refractivity contribution < 1.29 is 29.6 Å². The second kappa shape index (κ2) is 10.4. The second-order valence-corrected chi connectivity index (χ2v) is 11.0. The van der Waals surface area contributed by atoms with Gasteiger partial charge in [0.1, 0.15) is 5.75 Å². The van der Waals surface area contributed by atoms with Crippen LogP contribution in [0.5, 0.6) is 28.7 Å². The van der Waals surface area contributed by atoms with E-state index in [1.54, 1.807) is 13.8 Å². The summed E-state index contributed by atoms with van der Waals surface area (Å²) >= 11 is 0. The molecule has 10 nitrogen and oxygen atoms in total. The number of aryl methyl sites for hydroxylation is 1. The first kappa shape index (κ1) is 27.9. The zero-order valence-corrected chi connectivity index (χ0v) is 24.0. The van der Waals surface area contributed by atoms with Crippen LogP contribution in [-0.4, -0.2) is 76.5 Å². The van der Waals surface area contributed by atoms with Crippen LogP contribution in [0.1, 0.15) is 66.2 Å². The number of phenols is 3. The maximum Gasteiger partial charge on any atom is 0.236 e. The van der Waals surface area contributed by atoms with Crippen molar-refractivity contribution in [1.82, 2.24) is 15.1 Å². The van der Waals surface area contributed by atoms with Gasteiger partial charge in [0.05, 0.1) is 31.3 Å². The summed E-state index contributed by atoms with van der Waals surface area (Å²) in [6.45, 7) is 10.5. The molecule has 1 saturated heterocycles. The summed E-state index contributed by atoms with van der Waals surface area (Å²) in [5.41, 5.74) is 10.8. The highest BCUT2D eigenvalue weighted by Gasteiger charge is 2.48. The molecule has 3 heterocycles. The molecule has 0 spiro atoms. The van der Waals surface area contributed by atoms with E-state index >= 15 is 0 Å². The minimum absolute atomic E-state index is 0.0101. The van der Waals surface area contributed by atoms with Crippen molar-refractivity contribution in [1.29, 1.82) is 0 Å². The number of piperazine rings is 1. The highest BCUT2D eigenvalue weighted by atomic mass is 16.5. The molecular formula is C30H40N4O6. The lowest BCUT2D eigenvalue weighted by Gasteiger charge is -2.55. The Morgan fingerprint density at radius 3 is 2.40 bits per heavy atom. The van der Waals surface area contributed by atoms with Gasteiger partial charge in [0, 0.05) is 47.1 Å². The van der Waals surface area contributed by atoms with Crippen LogP contribution >= 0.6 is 0 Å². The van der Waals surface area contributed by atoms with E-state index in [0.717, 1.165) is 22.4 Å². The monoisotopic (exact) mass is 552 g/mol. The average Bonchev–Trinajstić information content (AvgIpc) is 2.90. The number of hydrogen-bond donors (Lipinski definition) is 5. The van der Waals surface area contributed by atoms with E-state index in [9.17, 15) is 20.1 Å². The number of nitrogens with one attached hydrogen (secondary N) is 1. The molecule has 0 radical (unpaired) electrons. The van der Waals surface area contributed by atoms with Crippen molar-refractivity contribution in [3.05, 3.63) is 45.1 Å². The van der Waals surface area contributed by atoms with Gasteiger partial charge in [-0.3, -0.25) is 9.69 Å². The number of nitrogens with two attached hydrogens (primary N) is 1. The Morgan fingerprint density at radius 2 is 1.75 bits per heavy atom. The Kier molecular flexibility index (Phi) is 7.26. The lowest BCUT2D eigenvalue weighted by molar-refractivity contribution is -0.122. The zero-order chi connectivity index (χ0) is 29.0. The third kappa shape index (κ3) is 4.21. The van der Waals surface area contributed by atoms with Crippen LogP contribution in [0.25, 0.3) is 6.08 Å². The molecule has 5 rings (SSSR count). The summed E-state index contributed by atoms with van der Waals surface area (Å²) in [5, 5.41) is 37.3. The smallest absolute Gasteiger partial charge is 0.236 e. The molecule has 4 atom stereocenters. The third-order valence-corrected chi connectivity index (χ3v) is 8.47. The highest BCUT2D eigenvalue weighted by Crippen LogP contribution is 2.56. The fourth-order valence-electron chi connectivity index (χ4n) is 6.53. The number of aromatic hydroxyl groups is 3. The summed E-state index contributed by atoms with van der Waals surface area (Å²) < 4.78 is 11.6. The minimum atomic E-state index is -0.701. The normalized spacial score (nSPS) is 22.0. The lowest BCUT2D eigenvalue weighted by atomic mass is 9.78. The number of phenolic OH excluding ortho intramolecular Hbond substituents is 3. The first-order valence-corrected chi connectivity index (χ1v) is 13.9. The minimum Gasteiger partial charge on any atom is -0.507 e. The fraction of sp³-hybridized carbons (Fsp3) is 0.500. The number of amides is 1. The molecule has 216 valence electrons. The van der Waals surface area contributed by atoms with Gasteiger partial charge in [0.2, 0.25) is 5.91 Å². The van der Waals surface area contributed by atoms with E-state index in [4.69, 9.17) is 15.2 Å². The standard InChI is InChI=1S/C30H40N4O6/c1-7-39-28-14(3)9-17-10-18-13-34-20(24(33(18)6)22(17)26(28)36)11-19-23(21(34)12-32-30(38)16(5)31)27(37)29(40-8-2)15(4)25(19)35/h9,11,16,18,21,24,35-37H,7-8,10,12-13,31H2,1-6H3,(H,32,38). The maximum absolute atomic E-state index is 12.6. The highest BCUT2D eigenvalue weighted by molar-refractivity contribution is 5.81. The van der Waals surface area contributed by atoms with Gasteiger partial charge >= 0.3 is 0 Å². The number of carbonyl (C=O) groups is 1. The molecule has 6 N–H and O–H groups in total. The quantitative estimate of drug-likeness (QED) is 0.328. The van der Waals surface area contributed by atoms with E-state index in [0.29, 0.717) is 48.6 Å². The molecule has 0 aliphatic carbocycles. The van der Waals surface area contributed by atoms with E-state index in [2.05, 4.69) is 21.2 Å². The van der Waals surface area contributed by atoms with Crippen molar-refractivity contribution in [3.8, 4) is 28.7 Å². The van der Waals surface area contributed by atoms with Gasteiger partial charge in [-0.25, -0.2) is 0 Å². The van der Waals surface area contributed by atoms with Crippen LogP contribution in [0.15, 0.2) is 11.8 Å². The summed E-state index contributed by atoms with van der Waals surface area (Å²) in [5.74, 6) is 0.471. The molecule has 2 aromatic rings. The van der Waals surface area contributed by atoms with Gasteiger partial charge in [0.25, 0.3) is 0 Å². The van der Waals surface area contributed by atoms with Gasteiger partial charge in [0.15, 0.2) is 23.0 Å². The number of fused-ring (bicyclic) bond motifs is 7. The molecule has 3 aliphatic heterocycles.